The number of primary amides is 1. The highest BCUT2D eigenvalue weighted by molar-refractivity contribution is 5.97. The van der Waals surface area contributed by atoms with E-state index in [-0.39, 0.29) is 17.7 Å². The number of nitrogens with zero attached hydrogens (tertiary/aromatic N) is 2. The van der Waals surface area contributed by atoms with E-state index in [0.717, 1.165) is 31.6 Å². The Morgan fingerprint density at radius 1 is 1.29 bits per heavy atom. The Morgan fingerprint density at radius 2 is 2.04 bits per heavy atom. The molecule has 7 heteroatoms. The number of anilines is 2. The number of amides is 1. The standard InChI is InChI=1S/C17H25N5O2/c18-14(24)13-9-19-16(22-17-6-10(7-17)8-17)21-15(13)20-11-3-1-2-4-12(23)5-11/h9-12,23H,1-8H2,(H2,18,24)(H2,19,20,21,22)/t10?,11-,12+,17?/m1/s1. The van der Waals surface area contributed by atoms with E-state index < -0.39 is 5.91 Å². The van der Waals surface area contributed by atoms with Gasteiger partial charge in [-0.2, -0.15) is 4.98 Å². The first kappa shape index (κ1) is 15.6. The summed E-state index contributed by atoms with van der Waals surface area (Å²) in [7, 11) is 0. The molecule has 5 N–H and O–H groups in total. The maximum absolute atomic E-state index is 11.7. The van der Waals surface area contributed by atoms with Crippen LogP contribution in [0.1, 0.15) is 61.7 Å². The predicted molar refractivity (Wildman–Crippen MR) is 90.7 cm³/mol. The lowest BCUT2D eigenvalue weighted by molar-refractivity contribution is 0.00147. The quantitative estimate of drug-likeness (QED) is 0.610. The van der Waals surface area contributed by atoms with Gasteiger partial charge in [0.05, 0.1) is 11.7 Å². The summed E-state index contributed by atoms with van der Waals surface area (Å²) in [5.74, 6) is 1.36. The van der Waals surface area contributed by atoms with E-state index in [1.165, 1.54) is 25.5 Å². The third kappa shape index (κ3) is 2.92. The van der Waals surface area contributed by atoms with Gasteiger partial charge < -0.3 is 21.5 Å². The van der Waals surface area contributed by atoms with Crippen LogP contribution in [0.25, 0.3) is 0 Å². The fourth-order valence-electron chi connectivity index (χ4n) is 4.26. The molecule has 0 unspecified atom stereocenters. The summed E-state index contributed by atoms with van der Waals surface area (Å²) in [6.45, 7) is 0. The molecule has 0 aromatic carbocycles. The monoisotopic (exact) mass is 331 g/mol. The van der Waals surface area contributed by atoms with Gasteiger partial charge in [-0.15, -0.1) is 0 Å². The number of rotatable bonds is 5. The molecule has 7 nitrogen and oxygen atoms in total. The molecule has 0 spiro atoms. The zero-order valence-corrected chi connectivity index (χ0v) is 13.8. The third-order valence-corrected chi connectivity index (χ3v) is 5.71. The second-order valence-corrected chi connectivity index (χ2v) is 7.72. The third-order valence-electron chi connectivity index (χ3n) is 5.71. The average molecular weight is 331 g/mol. The van der Waals surface area contributed by atoms with Crippen molar-refractivity contribution in [3.63, 3.8) is 0 Å². The lowest BCUT2D eigenvalue weighted by Crippen LogP contribution is -2.63. The van der Waals surface area contributed by atoms with Gasteiger partial charge >= 0.3 is 0 Å². The van der Waals surface area contributed by atoms with Crippen molar-refractivity contribution in [2.45, 2.75) is 69.1 Å². The first-order valence-electron chi connectivity index (χ1n) is 8.93. The Kier molecular flexibility index (Phi) is 3.83. The van der Waals surface area contributed by atoms with E-state index in [1.807, 2.05) is 0 Å². The smallest absolute Gasteiger partial charge is 0.254 e. The van der Waals surface area contributed by atoms with Gasteiger partial charge in [-0.3, -0.25) is 4.79 Å². The summed E-state index contributed by atoms with van der Waals surface area (Å²) >= 11 is 0. The molecule has 1 aromatic heterocycles. The van der Waals surface area contributed by atoms with E-state index in [2.05, 4.69) is 20.6 Å². The minimum atomic E-state index is -0.538. The number of hydrogen-bond donors (Lipinski definition) is 4. The van der Waals surface area contributed by atoms with Crippen molar-refractivity contribution in [2.24, 2.45) is 11.7 Å². The van der Waals surface area contributed by atoms with Gasteiger partial charge in [0.15, 0.2) is 0 Å². The molecule has 1 aromatic rings. The summed E-state index contributed by atoms with van der Waals surface area (Å²) in [6, 6.07) is 0.0956. The van der Waals surface area contributed by atoms with Crippen molar-refractivity contribution < 1.29 is 9.90 Å². The molecular formula is C17H25N5O2. The summed E-state index contributed by atoms with van der Waals surface area (Å²) < 4.78 is 0. The van der Waals surface area contributed by atoms with Crippen molar-refractivity contribution in [2.75, 3.05) is 10.6 Å². The van der Waals surface area contributed by atoms with Crippen LogP contribution in [0, 0.1) is 5.92 Å². The SMILES string of the molecule is NC(=O)c1cnc(NC23CC(C2)C3)nc1N[C@@H]1CCCC[C@H](O)C1. The molecule has 4 aliphatic carbocycles. The second kappa shape index (κ2) is 5.88. The van der Waals surface area contributed by atoms with Crippen molar-refractivity contribution in [1.29, 1.82) is 0 Å². The molecule has 130 valence electrons. The number of aliphatic hydroxyl groups excluding tert-OH is 1. The minimum Gasteiger partial charge on any atom is -0.393 e. The Labute approximate surface area is 141 Å². The van der Waals surface area contributed by atoms with Crippen LogP contribution < -0.4 is 16.4 Å². The van der Waals surface area contributed by atoms with Crippen molar-refractivity contribution in [3.05, 3.63) is 11.8 Å². The van der Waals surface area contributed by atoms with E-state index in [1.54, 1.807) is 0 Å². The highest BCUT2D eigenvalue weighted by Crippen LogP contribution is 2.58. The number of carbonyl (C=O) groups is 1. The molecule has 1 amide bonds. The normalized spacial score (nSPS) is 34.5. The maximum atomic E-state index is 11.7. The molecule has 4 fully saturated rings. The van der Waals surface area contributed by atoms with E-state index in [4.69, 9.17) is 5.73 Å². The Morgan fingerprint density at radius 3 is 2.71 bits per heavy atom. The van der Waals surface area contributed by atoms with Crippen LogP contribution in [0.2, 0.25) is 0 Å². The molecule has 0 saturated heterocycles. The number of nitrogens with two attached hydrogens (primary N) is 1. The minimum absolute atomic E-state index is 0.0956. The molecule has 2 atom stereocenters. The van der Waals surface area contributed by atoms with Crippen LogP contribution >= 0.6 is 0 Å². The molecule has 5 rings (SSSR count). The number of carbonyl (C=O) groups excluding carboxylic acids is 1. The van der Waals surface area contributed by atoms with Gasteiger partial charge in [0.1, 0.15) is 5.82 Å². The van der Waals surface area contributed by atoms with Crippen LogP contribution in [0.5, 0.6) is 0 Å². The number of aromatic nitrogens is 2. The highest BCUT2D eigenvalue weighted by atomic mass is 16.3. The molecule has 4 aliphatic rings. The first-order chi connectivity index (χ1) is 11.5. The van der Waals surface area contributed by atoms with Crippen molar-refractivity contribution >= 4 is 17.7 Å². The summed E-state index contributed by atoms with van der Waals surface area (Å²) in [4.78, 5) is 20.5. The molecule has 4 saturated carbocycles. The van der Waals surface area contributed by atoms with E-state index in [9.17, 15) is 9.90 Å². The van der Waals surface area contributed by atoms with Crippen LogP contribution in [-0.4, -0.2) is 38.7 Å². The number of hydrogen-bond acceptors (Lipinski definition) is 6. The molecule has 24 heavy (non-hydrogen) atoms. The van der Waals surface area contributed by atoms with Crippen molar-refractivity contribution in [3.8, 4) is 0 Å². The zero-order chi connectivity index (χ0) is 16.7. The van der Waals surface area contributed by atoms with Gasteiger partial charge in [-0.25, -0.2) is 4.98 Å². The zero-order valence-electron chi connectivity index (χ0n) is 13.8. The fourth-order valence-corrected chi connectivity index (χ4v) is 4.26. The maximum Gasteiger partial charge on any atom is 0.254 e. The second-order valence-electron chi connectivity index (χ2n) is 7.72. The van der Waals surface area contributed by atoms with Crippen LogP contribution in [-0.2, 0) is 0 Å². The molecule has 0 aliphatic heterocycles. The Hall–Kier alpha value is -1.89. The van der Waals surface area contributed by atoms with Gasteiger partial charge in [0.2, 0.25) is 5.95 Å². The molecule has 0 radical (unpaired) electrons. The van der Waals surface area contributed by atoms with Crippen molar-refractivity contribution in [1.82, 2.24) is 9.97 Å². The number of aliphatic hydroxyl groups is 1. The molecule has 1 heterocycles. The lowest BCUT2D eigenvalue weighted by atomic mass is 9.50. The average Bonchev–Trinajstić information content (AvgIpc) is 2.65. The van der Waals surface area contributed by atoms with Gasteiger partial charge in [0, 0.05) is 17.8 Å². The summed E-state index contributed by atoms with van der Waals surface area (Å²) in [5.41, 5.74) is 5.95. The number of nitrogens with one attached hydrogen (secondary N) is 2. The van der Waals surface area contributed by atoms with E-state index >= 15 is 0 Å². The Balaban J connectivity index is 1.52. The van der Waals surface area contributed by atoms with Gasteiger partial charge in [-0.05, 0) is 44.4 Å². The Bertz CT molecular complexity index is 633. The van der Waals surface area contributed by atoms with Gasteiger partial charge in [-0.1, -0.05) is 12.8 Å². The summed E-state index contributed by atoms with van der Waals surface area (Å²) in [6.07, 6.45) is 9.29. The topological polar surface area (TPSA) is 113 Å². The summed E-state index contributed by atoms with van der Waals surface area (Å²) in [5, 5.41) is 16.7. The highest BCUT2D eigenvalue weighted by Gasteiger charge is 2.57. The van der Waals surface area contributed by atoms with Crippen LogP contribution in [0.3, 0.4) is 0 Å². The fraction of sp³-hybridized carbons (Fsp3) is 0.706. The first-order valence-corrected chi connectivity index (χ1v) is 8.93. The lowest BCUT2D eigenvalue weighted by Gasteiger charge is -2.61. The van der Waals surface area contributed by atoms with Crippen LogP contribution in [0.4, 0.5) is 11.8 Å². The molecule has 2 bridgehead atoms. The van der Waals surface area contributed by atoms with Gasteiger partial charge in [0.25, 0.3) is 5.91 Å². The molecular weight excluding hydrogens is 306 g/mol. The largest absolute Gasteiger partial charge is 0.393 e. The predicted octanol–water partition coefficient (Wildman–Crippen LogP) is 1.65. The van der Waals surface area contributed by atoms with E-state index in [0.29, 0.717) is 23.8 Å². The van der Waals surface area contributed by atoms with Crippen LogP contribution in [0.15, 0.2) is 6.20 Å².